The first-order valence-electron chi connectivity index (χ1n) is 13.6. The van der Waals surface area contributed by atoms with Crippen LogP contribution in [0.1, 0.15) is 61.5 Å². The van der Waals surface area contributed by atoms with Crippen molar-refractivity contribution in [2.75, 3.05) is 17.2 Å². The highest BCUT2D eigenvalue weighted by atomic mass is 35.5. The number of hydrogen-bond acceptors (Lipinski definition) is 6. The van der Waals surface area contributed by atoms with Gasteiger partial charge in [-0.2, -0.15) is 5.26 Å². The zero-order valence-electron chi connectivity index (χ0n) is 22.8. The maximum Gasteiger partial charge on any atom is 0.123 e. The second-order valence-corrected chi connectivity index (χ2v) is 10.4. The normalized spacial score (nSPS) is 15.6. The predicted molar refractivity (Wildman–Crippen MR) is 155 cm³/mol. The van der Waals surface area contributed by atoms with Gasteiger partial charge in [0, 0.05) is 23.8 Å². The monoisotopic (exact) mass is 552 g/mol. The van der Waals surface area contributed by atoms with E-state index in [0.717, 1.165) is 12.8 Å². The molecule has 1 aliphatic carbocycles. The number of rotatable bonds is 9. The fraction of sp³-hybridized carbons (Fsp3) is 0.226. The number of halogens is 2. The van der Waals surface area contributed by atoms with Crippen LogP contribution in [0.15, 0.2) is 79.1 Å². The molecule has 2 atom stereocenters. The van der Waals surface area contributed by atoms with E-state index in [1.807, 2.05) is 24.3 Å². The van der Waals surface area contributed by atoms with Gasteiger partial charge in [0.2, 0.25) is 0 Å². The molecule has 1 saturated carbocycles. The molecule has 0 bridgehead atoms. The van der Waals surface area contributed by atoms with Crippen molar-refractivity contribution < 1.29 is 5.76 Å². The summed E-state index contributed by atoms with van der Waals surface area (Å²) in [5.41, 5.74) is 4.07. The lowest BCUT2D eigenvalue weighted by Crippen LogP contribution is -2.14. The molecule has 7 nitrogen and oxygen atoms in total. The number of benzene rings is 3. The number of hydrogen-bond donors (Lipinski definition) is 2. The van der Waals surface area contributed by atoms with Crippen molar-refractivity contribution in [3.8, 4) is 6.07 Å². The van der Waals surface area contributed by atoms with Crippen molar-refractivity contribution in [2.24, 2.45) is 0 Å². The molecule has 0 radical (unpaired) electrons. The van der Waals surface area contributed by atoms with Crippen LogP contribution in [0.5, 0.6) is 0 Å². The number of nitriles is 1. The van der Waals surface area contributed by atoms with E-state index in [2.05, 4.69) is 51.1 Å². The number of nitrogens with zero attached hydrogens (tertiary/aromatic N) is 5. The Balaban J connectivity index is 1.40. The molecule has 0 amide bonds. The Morgan fingerprint density at radius 3 is 2.65 bits per heavy atom. The maximum atomic E-state index is 13.8. The van der Waals surface area contributed by atoms with Crippen LogP contribution >= 0.6 is 11.6 Å². The average molecular weight is 553 g/mol. The fourth-order valence-corrected chi connectivity index (χ4v) is 4.98. The molecule has 1 aliphatic rings. The van der Waals surface area contributed by atoms with Crippen molar-refractivity contribution in [1.82, 2.24) is 20.0 Å². The van der Waals surface area contributed by atoms with E-state index in [1.165, 1.54) is 23.9 Å². The topological polar surface area (TPSA) is 91.5 Å². The van der Waals surface area contributed by atoms with Gasteiger partial charge in [0.1, 0.15) is 17.6 Å². The quantitative estimate of drug-likeness (QED) is 0.200. The van der Waals surface area contributed by atoms with Crippen LogP contribution in [0.4, 0.5) is 15.8 Å². The molecule has 0 aliphatic heterocycles. The van der Waals surface area contributed by atoms with Gasteiger partial charge in [-0.3, -0.25) is 4.98 Å². The number of nitrogens with one attached hydrogen (secondary N) is 2. The molecular formula is C31H27ClFN7. The van der Waals surface area contributed by atoms with E-state index in [4.69, 9.17) is 11.6 Å². The van der Waals surface area contributed by atoms with Gasteiger partial charge in [0.15, 0.2) is 0 Å². The Morgan fingerprint density at radius 1 is 1.15 bits per heavy atom. The van der Waals surface area contributed by atoms with Crippen molar-refractivity contribution in [1.29, 1.82) is 5.26 Å². The molecule has 2 N–H and O–H groups in total. The largest absolute Gasteiger partial charge is 0.383 e. The number of pyridine rings is 1. The second kappa shape index (κ2) is 10.9. The molecule has 9 heteroatoms. The van der Waals surface area contributed by atoms with E-state index in [-0.39, 0.29) is 12.0 Å². The third kappa shape index (κ3) is 5.33. The SMILES string of the molecule is [2H][C@](Nc1cc(Cl)c2ncc(C#N)c(NC[C@@H](C)c3ccccc3)c2c1)(c1ccc(F)cc1)c1cn(C2CC2)nn1. The summed E-state index contributed by atoms with van der Waals surface area (Å²) in [6.45, 7) is 2.69. The molecule has 2 aromatic heterocycles. The molecule has 3 aromatic carbocycles. The zero-order chi connectivity index (χ0) is 28.6. The van der Waals surface area contributed by atoms with Crippen LogP contribution in [-0.4, -0.2) is 26.5 Å². The molecule has 40 heavy (non-hydrogen) atoms. The first kappa shape index (κ1) is 24.6. The summed E-state index contributed by atoms with van der Waals surface area (Å²) in [6, 6.07) is 20.3. The highest BCUT2D eigenvalue weighted by Gasteiger charge is 2.27. The van der Waals surface area contributed by atoms with Crippen LogP contribution in [-0.2, 0) is 0 Å². The Labute approximate surface area is 238 Å². The minimum atomic E-state index is -1.60. The van der Waals surface area contributed by atoms with Gasteiger partial charge >= 0.3 is 0 Å². The van der Waals surface area contributed by atoms with Crippen molar-refractivity contribution >= 4 is 33.9 Å². The molecule has 0 saturated heterocycles. The van der Waals surface area contributed by atoms with Crippen molar-refractivity contribution in [3.63, 3.8) is 0 Å². The summed E-state index contributed by atoms with van der Waals surface area (Å²) in [5, 5.41) is 26.2. The summed E-state index contributed by atoms with van der Waals surface area (Å²) in [7, 11) is 0. The smallest absolute Gasteiger partial charge is 0.123 e. The average Bonchev–Trinajstić information content (AvgIpc) is 3.71. The number of aromatic nitrogens is 4. The number of anilines is 2. The van der Waals surface area contributed by atoms with Gasteiger partial charge in [-0.15, -0.1) is 5.10 Å². The second-order valence-electron chi connectivity index (χ2n) is 10.0. The molecule has 2 heterocycles. The predicted octanol–water partition coefficient (Wildman–Crippen LogP) is 7.24. The third-order valence-corrected chi connectivity index (χ3v) is 7.38. The van der Waals surface area contributed by atoms with Crippen LogP contribution in [0.25, 0.3) is 10.9 Å². The van der Waals surface area contributed by atoms with Crippen LogP contribution < -0.4 is 10.6 Å². The minimum Gasteiger partial charge on any atom is -0.383 e. The minimum absolute atomic E-state index is 0.177. The highest BCUT2D eigenvalue weighted by Crippen LogP contribution is 2.37. The van der Waals surface area contributed by atoms with E-state index in [9.17, 15) is 11.0 Å². The van der Waals surface area contributed by atoms with Gasteiger partial charge in [0.05, 0.1) is 41.4 Å². The van der Waals surface area contributed by atoms with E-state index in [0.29, 0.717) is 50.7 Å². The molecule has 0 unspecified atom stereocenters. The Morgan fingerprint density at radius 2 is 1.93 bits per heavy atom. The lowest BCUT2D eigenvalue weighted by atomic mass is 10.0. The van der Waals surface area contributed by atoms with Crippen LogP contribution in [0.2, 0.25) is 5.02 Å². The molecule has 5 aromatic rings. The Bertz CT molecular complexity index is 1750. The molecule has 0 spiro atoms. The lowest BCUT2D eigenvalue weighted by Gasteiger charge is -2.20. The molecular weight excluding hydrogens is 525 g/mol. The van der Waals surface area contributed by atoms with Gasteiger partial charge in [-0.05, 0) is 54.2 Å². The van der Waals surface area contributed by atoms with Crippen molar-refractivity contribution in [2.45, 2.75) is 37.7 Å². The van der Waals surface area contributed by atoms with Gasteiger partial charge in [0.25, 0.3) is 0 Å². The summed E-state index contributed by atoms with van der Waals surface area (Å²) in [6.07, 6.45) is 5.31. The third-order valence-electron chi connectivity index (χ3n) is 7.09. The molecule has 200 valence electrons. The maximum absolute atomic E-state index is 13.8. The van der Waals surface area contributed by atoms with Crippen LogP contribution in [0, 0.1) is 17.1 Å². The van der Waals surface area contributed by atoms with Gasteiger partial charge in [-0.25, -0.2) is 9.07 Å². The van der Waals surface area contributed by atoms with Crippen LogP contribution in [0.3, 0.4) is 0 Å². The Kier molecular flexibility index (Phi) is 6.72. The summed E-state index contributed by atoms with van der Waals surface area (Å²) >= 11 is 6.73. The van der Waals surface area contributed by atoms with E-state index >= 15 is 0 Å². The fourth-order valence-electron chi connectivity index (χ4n) is 4.72. The lowest BCUT2D eigenvalue weighted by molar-refractivity contribution is 0.610. The Hall–Kier alpha value is -4.48. The standard InChI is InChI=1S/C31H27ClFN7/c1-19(20-5-3-2-4-6-20)16-35-29-22(15-34)17-36-31-26(29)13-24(14-27(31)32)37-30(21-7-9-23(33)10-8-21)28-18-40(39-38-28)25-11-12-25/h2-10,13-14,17-19,25,30,37H,11-12,16H2,1H3,(H,35,36)/t19-,30+/m1/s1/i30D. The first-order valence-corrected chi connectivity index (χ1v) is 13.5. The summed E-state index contributed by atoms with van der Waals surface area (Å²) in [4.78, 5) is 4.45. The van der Waals surface area contributed by atoms with Gasteiger partial charge in [-0.1, -0.05) is 66.2 Å². The summed E-state index contributed by atoms with van der Waals surface area (Å²) in [5.74, 6) is -0.224. The number of fused-ring (bicyclic) bond motifs is 1. The summed E-state index contributed by atoms with van der Waals surface area (Å²) < 4.78 is 25.2. The zero-order valence-corrected chi connectivity index (χ0v) is 22.5. The molecule has 6 rings (SSSR count). The van der Waals surface area contributed by atoms with E-state index in [1.54, 1.807) is 29.1 Å². The first-order chi connectivity index (χ1) is 19.9. The highest BCUT2D eigenvalue weighted by molar-refractivity contribution is 6.35. The van der Waals surface area contributed by atoms with E-state index < -0.39 is 11.8 Å². The molecule has 1 fully saturated rings. The van der Waals surface area contributed by atoms with Gasteiger partial charge < -0.3 is 10.6 Å². The van der Waals surface area contributed by atoms with Crippen molar-refractivity contribution in [3.05, 3.63) is 112 Å².